The van der Waals surface area contributed by atoms with E-state index in [1.807, 2.05) is 54.6 Å². The third-order valence-electron chi connectivity index (χ3n) is 4.18. The number of ether oxygens (including phenoxy) is 3. The smallest absolute Gasteiger partial charge is 0.337 e. The molecule has 0 fully saturated rings. The molecule has 152 valence electrons. The highest BCUT2D eigenvalue weighted by molar-refractivity contribution is 7.80. The van der Waals surface area contributed by atoms with E-state index in [9.17, 15) is 4.79 Å². The van der Waals surface area contributed by atoms with E-state index in [4.69, 9.17) is 31.7 Å². The van der Waals surface area contributed by atoms with Crippen LogP contribution < -0.4 is 9.47 Å². The molecule has 0 saturated carbocycles. The number of rotatable bonds is 6. The lowest BCUT2D eigenvalue weighted by Gasteiger charge is -2.16. The summed E-state index contributed by atoms with van der Waals surface area (Å²) < 4.78 is 16.2. The van der Waals surface area contributed by atoms with E-state index in [2.05, 4.69) is 15.2 Å². The highest BCUT2D eigenvalue weighted by atomic mass is 32.1. The number of carbonyl (C=O) groups excluding carboxylic acids is 1. The Balaban J connectivity index is 1.37. The molecule has 0 aliphatic carbocycles. The van der Waals surface area contributed by atoms with Crippen molar-refractivity contribution in [2.75, 3.05) is 6.61 Å². The first-order chi connectivity index (χ1) is 15.1. The van der Waals surface area contributed by atoms with E-state index >= 15 is 0 Å². The lowest BCUT2D eigenvalue weighted by Crippen LogP contribution is -2.33. The average Bonchev–Trinajstić information content (AvgIpc) is 2.79. The molecule has 3 aromatic rings. The van der Waals surface area contributed by atoms with Crippen LogP contribution in [0.1, 0.15) is 0 Å². The molecule has 0 bridgehead atoms. The molecule has 31 heavy (non-hydrogen) atoms. The van der Waals surface area contributed by atoms with Gasteiger partial charge in [-0.25, -0.2) is 9.79 Å². The molecular formula is C22H14N4O4S. The number of hydrogen-bond acceptors (Lipinski definition) is 8. The Hall–Kier alpha value is -4.16. The fourth-order valence-electron chi connectivity index (χ4n) is 2.66. The Morgan fingerprint density at radius 2 is 1.74 bits per heavy atom. The van der Waals surface area contributed by atoms with Gasteiger partial charge in [0.05, 0.1) is 11.8 Å². The fraction of sp³-hybridized carbons (Fsp3) is 0.0909. The molecule has 0 N–H and O–H groups in total. The van der Waals surface area contributed by atoms with E-state index in [1.165, 1.54) is 0 Å². The number of esters is 1. The number of cyclic esters (lactones) is 1. The summed E-state index contributed by atoms with van der Waals surface area (Å²) in [5.74, 6) is -0.262. The molecule has 1 aliphatic rings. The van der Waals surface area contributed by atoms with Crippen LogP contribution in [0.5, 0.6) is 17.4 Å². The molecule has 2 aromatic carbocycles. The minimum atomic E-state index is -1.16. The quantitative estimate of drug-likeness (QED) is 0.430. The third kappa shape index (κ3) is 4.88. The largest absolute Gasteiger partial charge is 0.467 e. The summed E-state index contributed by atoms with van der Waals surface area (Å²) in [5.41, 5.74) is 1.51. The maximum Gasteiger partial charge on any atom is 0.337 e. The van der Waals surface area contributed by atoms with Crippen LogP contribution >= 0.6 is 12.2 Å². The van der Waals surface area contributed by atoms with Gasteiger partial charge in [-0.15, -0.1) is 10.2 Å². The summed E-state index contributed by atoms with van der Waals surface area (Å²) in [6.07, 6.45) is 0. The summed E-state index contributed by atoms with van der Waals surface area (Å²) in [6.45, 7) is -0.163. The lowest BCUT2D eigenvalue weighted by atomic mass is 10.1. The topological polar surface area (TPSA) is 107 Å². The van der Waals surface area contributed by atoms with Crippen molar-refractivity contribution in [2.45, 2.75) is 0 Å². The van der Waals surface area contributed by atoms with Gasteiger partial charge in [0.15, 0.2) is 12.5 Å². The van der Waals surface area contributed by atoms with Crippen LogP contribution in [0.25, 0.3) is 11.3 Å². The molecule has 8 nitrogen and oxygen atoms in total. The summed E-state index contributed by atoms with van der Waals surface area (Å²) in [6, 6.07) is 22.1. The number of para-hydroxylation sites is 1. The molecule has 2 heterocycles. The Morgan fingerprint density at radius 3 is 2.39 bits per heavy atom. The average molecular weight is 430 g/mol. The van der Waals surface area contributed by atoms with Crippen LogP contribution in [0, 0.1) is 17.2 Å². The molecule has 0 saturated heterocycles. The number of benzene rings is 2. The van der Waals surface area contributed by atoms with E-state index in [0.717, 1.165) is 11.3 Å². The molecule has 0 spiro atoms. The van der Waals surface area contributed by atoms with Crippen molar-refractivity contribution in [1.82, 2.24) is 10.2 Å². The minimum absolute atomic E-state index is 0.0265. The van der Waals surface area contributed by atoms with Gasteiger partial charge in [-0.2, -0.15) is 5.26 Å². The number of aliphatic imine (C=N–C) groups is 1. The Morgan fingerprint density at radius 1 is 1.00 bits per heavy atom. The van der Waals surface area contributed by atoms with Gasteiger partial charge in [-0.3, -0.25) is 0 Å². The summed E-state index contributed by atoms with van der Waals surface area (Å²) >= 11 is 4.92. The number of nitrogens with zero attached hydrogens (tertiary/aromatic N) is 4. The minimum Gasteiger partial charge on any atom is -0.467 e. The maximum atomic E-state index is 11.7. The number of nitriles is 1. The Bertz CT molecular complexity index is 1170. The van der Waals surface area contributed by atoms with Crippen LogP contribution in [-0.2, 0) is 9.53 Å². The van der Waals surface area contributed by atoms with Crippen molar-refractivity contribution in [3.63, 3.8) is 0 Å². The van der Waals surface area contributed by atoms with Gasteiger partial charge in [0.25, 0.3) is 0 Å². The van der Waals surface area contributed by atoms with E-state index in [0.29, 0.717) is 11.4 Å². The molecule has 1 atom stereocenters. The summed E-state index contributed by atoms with van der Waals surface area (Å²) in [7, 11) is 0. The predicted octanol–water partition coefficient (Wildman–Crippen LogP) is 3.74. The van der Waals surface area contributed by atoms with E-state index in [1.54, 1.807) is 18.2 Å². The zero-order chi connectivity index (χ0) is 21.6. The van der Waals surface area contributed by atoms with Gasteiger partial charge in [-0.1, -0.05) is 30.4 Å². The van der Waals surface area contributed by atoms with Crippen molar-refractivity contribution >= 4 is 29.1 Å². The molecule has 1 unspecified atom stereocenters. The van der Waals surface area contributed by atoms with Crippen molar-refractivity contribution in [2.24, 2.45) is 10.9 Å². The molecule has 0 radical (unpaired) electrons. The van der Waals surface area contributed by atoms with Crippen molar-refractivity contribution in [3.8, 4) is 34.7 Å². The Kier molecular flexibility index (Phi) is 5.91. The zero-order valence-electron chi connectivity index (χ0n) is 16.0. The normalized spacial score (nSPS) is 15.5. The van der Waals surface area contributed by atoms with Crippen LogP contribution in [0.3, 0.4) is 0 Å². The van der Waals surface area contributed by atoms with Crippen molar-refractivity contribution < 1.29 is 19.0 Å². The van der Waals surface area contributed by atoms with Gasteiger partial charge in [0.2, 0.25) is 11.8 Å². The first-order valence-corrected chi connectivity index (χ1v) is 9.56. The van der Waals surface area contributed by atoms with Crippen LogP contribution in [0.4, 0.5) is 0 Å². The highest BCUT2D eigenvalue weighted by Gasteiger charge is 2.31. The first kappa shape index (κ1) is 20.1. The lowest BCUT2D eigenvalue weighted by molar-refractivity contribution is -0.137. The van der Waals surface area contributed by atoms with E-state index in [-0.39, 0.29) is 23.4 Å². The maximum absolute atomic E-state index is 11.7. The van der Waals surface area contributed by atoms with Gasteiger partial charge in [-0.05, 0) is 42.5 Å². The van der Waals surface area contributed by atoms with Gasteiger partial charge in [0, 0.05) is 11.6 Å². The second kappa shape index (κ2) is 9.11. The number of hydrogen-bond donors (Lipinski definition) is 0. The fourth-order valence-corrected chi connectivity index (χ4v) is 2.91. The summed E-state index contributed by atoms with van der Waals surface area (Å²) in [5, 5.41) is 17.0. The SMILES string of the molecule is N#CC1C(=O)OC(COc2ccc(-c3ccc(Oc4ccccc4)cc3)nn2)=NC1=S. The molecule has 0 amide bonds. The highest BCUT2D eigenvalue weighted by Crippen LogP contribution is 2.25. The number of carbonyl (C=O) groups is 1. The standard InChI is InChI=1S/C22H14N4O4S/c23-12-17-21(31)24-20(30-22(17)27)13-28-19-11-10-18(25-26-19)14-6-8-16(9-7-14)29-15-4-2-1-3-5-15/h1-11,17H,13H2. The second-order valence-electron chi connectivity index (χ2n) is 6.31. The van der Waals surface area contributed by atoms with Crippen molar-refractivity contribution in [1.29, 1.82) is 5.26 Å². The van der Waals surface area contributed by atoms with Crippen molar-refractivity contribution in [3.05, 3.63) is 66.7 Å². The van der Waals surface area contributed by atoms with Crippen LogP contribution in [0.2, 0.25) is 0 Å². The monoisotopic (exact) mass is 430 g/mol. The zero-order valence-corrected chi connectivity index (χ0v) is 16.8. The third-order valence-corrected chi connectivity index (χ3v) is 4.50. The van der Waals surface area contributed by atoms with E-state index < -0.39 is 11.9 Å². The molecule has 9 heteroatoms. The number of thiocarbonyl (C=S) groups is 1. The molecule has 1 aliphatic heterocycles. The molecule has 4 rings (SSSR count). The van der Waals surface area contributed by atoms with Gasteiger partial charge >= 0.3 is 5.97 Å². The van der Waals surface area contributed by atoms with Gasteiger partial charge < -0.3 is 14.2 Å². The molecular weight excluding hydrogens is 416 g/mol. The second-order valence-corrected chi connectivity index (χ2v) is 6.73. The predicted molar refractivity (Wildman–Crippen MR) is 115 cm³/mol. The number of aromatic nitrogens is 2. The van der Waals surface area contributed by atoms with Crippen LogP contribution in [0.15, 0.2) is 71.7 Å². The first-order valence-electron chi connectivity index (χ1n) is 9.15. The Labute approximate surface area is 182 Å². The molecule has 1 aromatic heterocycles. The van der Waals surface area contributed by atoms with Gasteiger partial charge in [0.1, 0.15) is 16.5 Å². The van der Waals surface area contributed by atoms with Crippen LogP contribution in [-0.4, -0.2) is 33.7 Å². The summed E-state index contributed by atoms with van der Waals surface area (Å²) in [4.78, 5) is 15.5.